The summed E-state index contributed by atoms with van der Waals surface area (Å²) in [7, 11) is 3.41. The number of hydrogen-bond donors (Lipinski definition) is 1. The van der Waals surface area contributed by atoms with Crippen LogP contribution in [0.1, 0.15) is 5.56 Å². The molecule has 0 saturated carbocycles. The van der Waals surface area contributed by atoms with E-state index in [0.29, 0.717) is 10.7 Å². The van der Waals surface area contributed by atoms with Crippen LogP contribution in [0.15, 0.2) is 59.5 Å². The number of carbonyl (C=O) groups is 2. The molecule has 0 atom stereocenters. The highest BCUT2D eigenvalue weighted by atomic mass is 35.5. The first-order valence-electron chi connectivity index (χ1n) is 7.18. The van der Waals surface area contributed by atoms with Crippen molar-refractivity contribution in [3.8, 4) is 0 Å². The Labute approximate surface area is 150 Å². The van der Waals surface area contributed by atoms with Crippen molar-refractivity contribution in [2.45, 2.75) is 4.90 Å². The first-order chi connectivity index (χ1) is 11.4. The van der Waals surface area contributed by atoms with Crippen LogP contribution in [0, 0.1) is 0 Å². The van der Waals surface area contributed by atoms with E-state index in [2.05, 4.69) is 5.32 Å². The molecule has 2 aromatic rings. The van der Waals surface area contributed by atoms with Crippen molar-refractivity contribution in [2.75, 3.05) is 19.4 Å². The normalized spacial score (nSPS) is 10.6. The van der Waals surface area contributed by atoms with Crippen molar-refractivity contribution in [1.82, 2.24) is 4.90 Å². The van der Waals surface area contributed by atoms with Crippen LogP contribution < -0.4 is 5.32 Å². The number of anilines is 1. The number of thioether (sulfide) groups is 1. The summed E-state index contributed by atoms with van der Waals surface area (Å²) in [5.74, 6) is -0.236. The van der Waals surface area contributed by atoms with E-state index in [9.17, 15) is 9.59 Å². The average Bonchev–Trinajstić information content (AvgIpc) is 2.55. The molecule has 0 aliphatic heterocycles. The number of nitrogens with zero attached hydrogens (tertiary/aromatic N) is 1. The Bertz CT molecular complexity index is 758. The highest BCUT2D eigenvalue weighted by Gasteiger charge is 2.06. The number of hydrogen-bond acceptors (Lipinski definition) is 3. The second kappa shape index (κ2) is 8.57. The van der Waals surface area contributed by atoms with Gasteiger partial charge < -0.3 is 10.2 Å². The maximum Gasteiger partial charge on any atom is 0.285 e. The Hall–Kier alpha value is -2.24. The largest absolute Gasteiger partial charge is 0.339 e. The van der Waals surface area contributed by atoms with Crippen molar-refractivity contribution < 1.29 is 9.59 Å². The van der Waals surface area contributed by atoms with Gasteiger partial charge in [0.2, 0.25) is 5.91 Å². The van der Waals surface area contributed by atoms with E-state index in [-0.39, 0.29) is 11.1 Å². The molecule has 0 aliphatic rings. The van der Waals surface area contributed by atoms with Crippen LogP contribution in [-0.2, 0) is 4.79 Å². The van der Waals surface area contributed by atoms with Gasteiger partial charge in [-0.3, -0.25) is 9.59 Å². The Morgan fingerprint density at radius 2 is 1.83 bits per heavy atom. The van der Waals surface area contributed by atoms with Crippen LogP contribution in [-0.4, -0.2) is 30.1 Å². The fourth-order valence-electron chi connectivity index (χ4n) is 1.76. The summed E-state index contributed by atoms with van der Waals surface area (Å²) in [5.41, 5.74) is 1.52. The fourth-order valence-corrected chi connectivity index (χ4v) is 2.62. The molecule has 24 heavy (non-hydrogen) atoms. The van der Waals surface area contributed by atoms with Crippen molar-refractivity contribution in [1.29, 1.82) is 0 Å². The van der Waals surface area contributed by atoms with E-state index in [4.69, 9.17) is 11.6 Å². The van der Waals surface area contributed by atoms with Gasteiger partial charge in [-0.25, -0.2) is 0 Å². The lowest BCUT2D eigenvalue weighted by molar-refractivity contribution is -0.111. The number of benzene rings is 2. The van der Waals surface area contributed by atoms with Crippen molar-refractivity contribution in [2.24, 2.45) is 0 Å². The van der Waals surface area contributed by atoms with E-state index in [1.165, 1.54) is 11.0 Å². The zero-order chi connectivity index (χ0) is 17.5. The molecule has 4 nitrogen and oxygen atoms in total. The van der Waals surface area contributed by atoms with Gasteiger partial charge >= 0.3 is 0 Å². The third kappa shape index (κ3) is 5.76. The maximum atomic E-state index is 11.9. The molecule has 0 bridgehead atoms. The van der Waals surface area contributed by atoms with Gasteiger partial charge in [0.25, 0.3) is 5.24 Å². The number of amides is 2. The standard InChI is InChI=1S/C18H17ClN2O2S/c1-21(2)18(23)24-16-9-7-15(8-10-16)20-17(22)11-6-13-4-3-5-14(19)12-13/h3-12H,1-2H3,(H,20,22)/b11-6+. The summed E-state index contributed by atoms with van der Waals surface area (Å²) in [6.07, 6.45) is 3.14. The topological polar surface area (TPSA) is 49.4 Å². The second-order valence-corrected chi connectivity index (χ2v) is 6.63. The van der Waals surface area contributed by atoms with Crippen LogP contribution in [0.2, 0.25) is 5.02 Å². The quantitative estimate of drug-likeness (QED) is 0.631. The van der Waals surface area contributed by atoms with Crippen LogP contribution in [0.3, 0.4) is 0 Å². The van der Waals surface area contributed by atoms with Gasteiger partial charge in [-0.15, -0.1) is 0 Å². The van der Waals surface area contributed by atoms with E-state index >= 15 is 0 Å². The smallest absolute Gasteiger partial charge is 0.285 e. The number of rotatable bonds is 4. The van der Waals surface area contributed by atoms with Gasteiger partial charge in [-0.1, -0.05) is 23.7 Å². The van der Waals surface area contributed by atoms with Gasteiger partial charge in [-0.2, -0.15) is 0 Å². The second-order valence-electron chi connectivity index (χ2n) is 5.16. The van der Waals surface area contributed by atoms with E-state index in [0.717, 1.165) is 22.2 Å². The average molecular weight is 361 g/mol. The number of halogens is 1. The lowest BCUT2D eigenvalue weighted by Gasteiger charge is -2.09. The lowest BCUT2D eigenvalue weighted by atomic mass is 10.2. The fraction of sp³-hybridized carbons (Fsp3) is 0.111. The van der Waals surface area contributed by atoms with Gasteiger partial charge in [0.05, 0.1) is 0 Å². The summed E-state index contributed by atoms with van der Waals surface area (Å²) in [6.45, 7) is 0. The minimum absolute atomic E-state index is 0.0451. The molecule has 124 valence electrons. The third-order valence-electron chi connectivity index (χ3n) is 2.97. The Morgan fingerprint density at radius 1 is 1.12 bits per heavy atom. The first kappa shape index (κ1) is 18.1. The molecule has 2 aromatic carbocycles. The van der Waals surface area contributed by atoms with Crippen molar-refractivity contribution in [3.63, 3.8) is 0 Å². The highest BCUT2D eigenvalue weighted by Crippen LogP contribution is 2.22. The SMILES string of the molecule is CN(C)C(=O)Sc1ccc(NC(=O)/C=C/c2cccc(Cl)c2)cc1. The molecule has 0 heterocycles. The lowest BCUT2D eigenvalue weighted by Crippen LogP contribution is -2.16. The Kier molecular flexibility index (Phi) is 6.46. The Morgan fingerprint density at radius 3 is 2.46 bits per heavy atom. The minimum atomic E-state index is -0.236. The summed E-state index contributed by atoms with van der Waals surface area (Å²) in [6, 6.07) is 14.4. The van der Waals surface area contributed by atoms with Gasteiger partial charge in [0.15, 0.2) is 0 Å². The molecule has 6 heteroatoms. The van der Waals surface area contributed by atoms with Crippen LogP contribution >= 0.6 is 23.4 Å². The summed E-state index contributed by atoms with van der Waals surface area (Å²) >= 11 is 7.03. The summed E-state index contributed by atoms with van der Waals surface area (Å²) in [5, 5.41) is 3.34. The number of carbonyl (C=O) groups excluding carboxylic acids is 2. The molecule has 1 N–H and O–H groups in total. The first-order valence-corrected chi connectivity index (χ1v) is 8.37. The van der Waals surface area contributed by atoms with Crippen LogP contribution in [0.25, 0.3) is 6.08 Å². The third-order valence-corrected chi connectivity index (χ3v) is 4.25. The molecule has 0 aromatic heterocycles. The summed E-state index contributed by atoms with van der Waals surface area (Å²) < 4.78 is 0. The monoisotopic (exact) mass is 360 g/mol. The minimum Gasteiger partial charge on any atom is -0.339 e. The van der Waals surface area contributed by atoms with Crippen molar-refractivity contribution >= 4 is 46.3 Å². The Balaban J connectivity index is 1.93. The molecule has 2 amide bonds. The predicted molar refractivity (Wildman–Crippen MR) is 100 cm³/mol. The van der Waals surface area contributed by atoms with Crippen LogP contribution in [0.4, 0.5) is 10.5 Å². The molecule has 2 rings (SSSR count). The van der Waals surface area contributed by atoms with Gasteiger partial charge in [0, 0.05) is 35.8 Å². The zero-order valence-electron chi connectivity index (χ0n) is 13.3. The van der Waals surface area contributed by atoms with Crippen molar-refractivity contribution in [3.05, 3.63) is 65.2 Å². The van der Waals surface area contributed by atoms with E-state index in [1.54, 1.807) is 56.6 Å². The van der Waals surface area contributed by atoms with E-state index in [1.807, 2.05) is 12.1 Å². The van der Waals surface area contributed by atoms with Gasteiger partial charge in [-0.05, 0) is 59.8 Å². The number of nitrogens with one attached hydrogen (secondary N) is 1. The van der Waals surface area contributed by atoms with Gasteiger partial charge in [0.1, 0.15) is 0 Å². The van der Waals surface area contributed by atoms with E-state index < -0.39 is 0 Å². The van der Waals surface area contributed by atoms with Crippen LogP contribution in [0.5, 0.6) is 0 Å². The molecule has 0 spiro atoms. The molecule has 0 radical (unpaired) electrons. The predicted octanol–water partition coefficient (Wildman–Crippen LogP) is 4.77. The molecule has 0 aliphatic carbocycles. The summed E-state index contributed by atoms with van der Waals surface area (Å²) in [4.78, 5) is 25.9. The maximum absolute atomic E-state index is 11.9. The molecule has 0 unspecified atom stereocenters. The molecule has 0 fully saturated rings. The highest BCUT2D eigenvalue weighted by molar-refractivity contribution is 8.13. The molecular weight excluding hydrogens is 344 g/mol. The zero-order valence-corrected chi connectivity index (χ0v) is 14.9. The molecular formula is C18H17ClN2O2S. The molecule has 0 saturated heterocycles.